The molecule has 3 heteroatoms. The molecule has 0 spiro atoms. The van der Waals surface area contributed by atoms with Gasteiger partial charge in [0.2, 0.25) is 0 Å². The van der Waals surface area contributed by atoms with Gasteiger partial charge in [-0.1, -0.05) is 98.8 Å². The molecule has 2 heterocycles. The largest absolute Gasteiger partial charge is 0.453 e. The van der Waals surface area contributed by atoms with Gasteiger partial charge in [0, 0.05) is 22.5 Å². The van der Waals surface area contributed by atoms with E-state index in [1.54, 1.807) is 0 Å². The predicted octanol–water partition coefficient (Wildman–Crippen LogP) is 11.3. The van der Waals surface area contributed by atoms with Crippen molar-refractivity contribution < 1.29 is 4.74 Å². The molecule has 8 rings (SSSR count). The van der Waals surface area contributed by atoms with Crippen molar-refractivity contribution in [1.82, 2.24) is 0 Å². The van der Waals surface area contributed by atoms with E-state index in [0.29, 0.717) is 0 Å². The maximum Gasteiger partial charge on any atom is 0.151 e. The quantitative estimate of drug-likeness (QED) is 0.214. The Morgan fingerprint density at radius 1 is 0.535 bits per heavy atom. The van der Waals surface area contributed by atoms with Crippen molar-refractivity contribution >= 4 is 34.1 Å². The van der Waals surface area contributed by atoms with Crippen LogP contribution in [0.25, 0.3) is 11.1 Å². The number of rotatable bonds is 4. The molecule has 6 aromatic carbocycles. The Morgan fingerprint density at radius 2 is 1.14 bits per heavy atom. The van der Waals surface area contributed by atoms with Gasteiger partial charge in [-0.3, -0.25) is 0 Å². The van der Waals surface area contributed by atoms with Crippen LogP contribution in [-0.4, -0.2) is 0 Å². The average molecular weight is 557 g/mol. The number of benzene rings is 6. The molecule has 3 nitrogen and oxygen atoms in total. The summed E-state index contributed by atoms with van der Waals surface area (Å²) in [6.45, 7) is 6.83. The molecule has 0 fully saturated rings. The number of hydrogen-bond donors (Lipinski definition) is 0. The molecule has 0 bridgehead atoms. The number of aryl methyl sites for hydroxylation is 1. The van der Waals surface area contributed by atoms with E-state index in [2.05, 4.69) is 170 Å². The van der Waals surface area contributed by atoms with Gasteiger partial charge < -0.3 is 14.5 Å². The van der Waals surface area contributed by atoms with Crippen molar-refractivity contribution in [2.45, 2.75) is 26.2 Å². The number of anilines is 6. The van der Waals surface area contributed by atoms with Crippen LogP contribution in [0.4, 0.5) is 34.1 Å². The molecule has 0 amide bonds. The number of para-hydroxylation sites is 3. The number of nitrogens with zero attached hydrogens (tertiary/aromatic N) is 2. The molecule has 0 atom stereocenters. The summed E-state index contributed by atoms with van der Waals surface area (Å²) in [5, 5.41) is 0. The fraction of sp³-hybridized carbons (Fsp3) is 0.100. The van der Waals surface area contributed by atoms with Crippen LogP contribution in [-0.2, 0) is 5.41 Å². The topological polar surface area (TPSA) is 15.7 Å². The van der Waals surface area contributed by atoms with Crippen LogP contribution in [0.15, 0.2) is 140 Å². The fourth-order valence-electron chi connectivity index (χ4n) is 6.77. The van der Waals surface area contributed by atoms with Crippen LogP contribution in [0.2, 0.25) is 0 Å². The molecule has 0 aliphatic carbocycles. The lowest BCUT2D eigenvalue weighted by atomic mass is 9.73. The fourth-order valence-corrected chi connectivity index (χ4v) is 6.77. The van der Waals surface area contributed by atoms with Gasteiger partial charge in [-0.15, -0.1) is 0 Å². The van der Waals surface area contributed by atoms with Crippen molar-refractivity contribution in [2.24, 2.45) is 0 Å². The van der Waals surface area contributed by atoms with Crippen LogP contribution in [0.5, 0.6) is 11.5 Å². The normalized spacial score (nSPS) is 13.8. The first-order chi connectivity index (χ1) is 21.0. The molecule has 0 saturated heterocycles. The standard InChI is InChI=1S/C40H32N2O/c1-27-12-10-18-36-38(27)42-35-25-24-32(26-34(35)40(2,3)33-17-11-19-37(43-36)39(33)42)41(30-15-8-5-9-16-30)31-22-20-29(21-23-31)28-13-6-4-7-14-28/h4-26H,1-3H3. The number of hydrogen-bond acceptors (Lipinski definition) is 3. The Hall–Kier alpha value is -5.28. The second-order valence-corrected chi connectivity index (χ2v) is 11.9. The first-order valence-electron chi connectivity index (χ1n) is 14.9. The molecule has 0 radical (unpaired) electrons. The summed E-state index contributed by atoms with van der Waals surface area (Å²) in [5.74, 6) is 1.80. The number of ether oxygens (including phenoxy) is 1. The third-order valence-corrected chi connectivity index (χ3v) is 8.94. The van der Waals surface area contributed by atoms with E-state index in [0.717, 1.165) is 39.9 Å². The summed E-state index contributed by atoms with van der Waals surface area (Å²) in [7, 11) is 0. The van der Waals surface area contributed by atoms with Gasteiger partial charge in [0.15, 0.2) is 11.5 Å². The zero-order valence-corrected chi connectivity index (χ0v) is 24.6. The minimum atomic E-state index is -0.240. The Balaban J connectivity index is 1.31. The highest BCUT2D eigenvalue weighted by molar-refractivity contribution is 5.95. The Kier molecular flexibility index (Phi) is 5.70. The van der Waals surface area contributed by atoms with Gasteiger partial charge in [0.1, 0.15) is 0 Å². The van der Waals surface area contributed by atoms with Gasteiger partial charge in [-0.2, -0.15) is 0 Å². The Labute approximate surface area is 253 Å². The zero-order chi connectivity index (χ0) is 29.1. The highest BCUT2D eigenvalue weighted by Crippen LogP contribution is 2.60. The van der Waals surface area contributed by atoms with E-state index >= 15 is 0 Å². The lowest BCUT2D eigenvalue weighted by Gasteiger charge is -2.45. The second-order valence-electron chi connectivity index (χ2n) is 11.9. The van der Waals surface area contributed by atoms with E-state index < -0.39 is 0 Å². The number of fused-ring (bicyclic) bond motifs is 4. The Bertz CT molecular complexity index is 1980. The van der Waals surface area contributed by atoms with E-state index in [9.17, 15) is 0 Å². The molecular formula is C40H32N2O. The molecular weight excluding hydrogens is 524 g/mol. The van der Waals surface area contributed by atoms with Crippen LogP contribution in [0.1, 0.15) is 30.5 Å². The van der Waals surface area contributed by atoms with Gasteiger partial charge in [0.05, 0.1) is 17.1 Å². The van der Waals surface area contributed by atoms with E-state index in [1.807, 2.05) is 0 Å². The highest BCUT2D eigenvalue weighted by atomic mass is 16.5. The summed E-state index contributed by atoms with van der Waals surface area (Å²) >= 11 is 0. The molecule has 208 valence electrons. The first kappa shape index (κ1) is 25.4. The van der Waals surface area contributed by atoms with E-state index in [-0.39, 0.29) is 5.41 Å². The van der Waals surface area contributed by atoms with Crippen molar-refractivity contribution in [1.29, 1.82) is 0 Å². The van der Waals surface area contributed by atoms with E-state index in [1.165, 1.54) is 33.5 Å². The Morgan fingerprint density at radius 3 is 1.88 bits per heavy atom. The smallest absolute Gasteiger partial charge is 0.151 e. The van der Waals surface area contributed by atoms with Crippen molar-refractivity contribution in [3.63, 3.8) is 0 Å². The molecule has 0 aromatic heterocycles. The van der Waals surface area contributed by atoms with Gasteiger partial charge >= 0.3 is 0 Å². The van der Waals surface area contributed by atoms with Gasteiger partial charge in [-0.05, 0) is 89.3 Å². The van der Waals surface area contributed by atoms with Crippen LogP contribution in [0, 0.1) is 6.92 Å². The lowest BCUT2D eigenvalue weighted by Crippen LogP contribution is -2.32. The molecule has 0 N–H and O–H groups in total. The van der Waals surface area contributed by atoms with Crippen LogP contribution < -0.4 is 14.5 Å². The molecule has 2 aliphatic heterocycles. The predicted molar refractivity (Wildman–Crippen MR) is 178 cm³/mol. The molecule has 6 aromatic rings. The SMILES string of the molecule is Cc1cccc2c1N1c3ccc(N(c4ccccc4)c4ccc(-c5ccccc5)cc4)cc3C(C)(C)c3cccc(c31)O2. The summed E-state index contributed by atoms with van der Waals surface area (Å²) < 4.78 is 6.48. The molecule has 43 heavy (non-hydrogen) atoms. The van der Waals surface area contributed by atoms with Gasteiger partial charge in [0.25, 0.3) is 0 Å². The lowest BCUT2D eigenvalue weighted by molar-refractivity contribution is 0.471. The van der Waals surface area contributed by atoms with E-state index in [4.69, 9.17) is 4.74 Å². The second kappa shape index (κ2) is 9.64. The third-order valence-electron chi connectivity index (χ3n) is 8.94. The molecule has 2 aliphatic rings. The summed E-state index contributed by atoms with van der Waals surface area (Å²) in [6, 6.07) is 49.8. The minimum absolute atomic E-state index is 0.240. The highest BCUT2D eigenvalue weighted by Gasteiger charge is 2.42. The minimum Gasteiger partial charge on any atom is -0.453 e. The molecule has 0 saturated carbocycles. The summed E-state index contributed by atoms with van der Waals surface area (Å²) in [6.07, 6.45) is 0. The third kappa shape index (κ3) is 3.96. The van der Waals surface area contributed by atoms with Crippen molar-refractivity contribution in [3.05, 3.63) is 156 Å². The maximum atomic E-state index is 6.48. The first-order valence-corrected chi connectivity index (χ1v) is 14.9. The van der Waals surface area contributed by atoms with Crippen molar-refractivity contribution in [3.8, 4) is 22.6 Å². The zero-order valence-electron chi connectivity index (χ0n) is 24.6. The van der Waals surface area contributed by atoms with Crippen LogP contribution in [0.3, 0.4) is 0 Å². The average Bonchev–Trinajstić information content (AvgIpc) is 3.04. The summed E-state index contributed by atoms with van der Waals surface area (Å²) in [5.41, 5.74) is 12.8. The van der Waals surface area contributed by atoms with Crippen LogP contribution >= 0.6 is 0 Å². The summed E-state index contributed by atoms with van der Waals surface area (Å²) in [4.78, 5) is 4.78. The molecule has 0 unspecified atom stereocenters. The van der Waals surface area contributed by atoms with Gasteiger partial charge in [-0.25, -0.2) is 0 Å². The monoisotopic (exact) mass is 556 g/mol. The maximum absolute atomic E-state index is 6.48. The van der Waals surface area contributed by atoms with Crippen molar-refractivity contribution in [2.75, 3.05) is 9.80 Å².